The molecule has 0 aliphatic heterocycles. The first-order valence-corrected chi connectivity index (χ1v) is 10.5. The second-order valence-corrected chi connectivity index (χ2v) is 8.06. The fourth-order valence-electron chi connectivity index (χ4n) is 4.14. The van der Waals surface area contributed by atoms with E-state index in [-0.39, 0.29) is 13.2 Å². The van der Waals surface area contributed by atoms with Crippen molar-refractivity contribution in [2.45, 2.75) is 50.9 Å². The highest BCUT2D eigenvalue weighted by Gasteiger charge is 2.27. The van der Waals surface area contributed by atoms with Crippen LogP contribution in [0, 0.1) is 0 Å². The summed E-state index contributed by atoms with van der Waals surface area (Å²) in [5.74, 6) is 1.54. The first kappa shape index (κ1) is 20.8. The minimum atomic E-state index is -0.873. The molecule has 30 heavy (non-hydrogen) atoms. The Labute approximate surface area is 180 Å². The molecule has 2 N–H and O–H groups in total. The third-order valence-corrected chi connectivity index (χ3v) is 5.86. The van der Waals surface area contributed by atoms with Gasteiger partial charge < -0.3 is 24.4 Å². The van der Waals surface area contributed by atoms with Crippen LogP contribution in [0.3, 0.4) is 0 Å². The fourth-order valence-corrected chi connectivity index (χ4v) is 4.34. The maximum absolute atomic E-state index is 9.84. The van der Waals surface area contributed by atoms with Crippen LogP contribution in [0.1, 0.15) is 31.2 Å². The molecule has 9 heteroatoms. The molecule has 8 nitrogen and oxygen atoms in total. The number of imidazole rings is 1. The van der Waals surface area contributed by atoms with Gasteiger partial charge in [-0.3, -0.25) is 0 Å². The zero-order valence-corrected chi connectivity index (χ0v) is 17.7. The number of hydrogen-bond donors (Lipinski definition) is 2. The van der Waals surface area contributed by atoms with Gasteiger partial charge in [0.15, 0.2) is 17.0 Å². The number of aliphatic hydroxyl groups excluding tert-OH is 2. The largest absolute Gasteiger partial charge is 0.496 e. The molecule has 0 amide bonds. The predicted octanol–water partition coefficient (Wildman–Crippen LogP) is 2.79. The van der Waals surface area contributed by atoms with Crippen molar-refractivity contribution in [3.63, 3.8) is 0 Å². The summed E-state index contributed by atoms with van der Waals surface area (Å²) in [6.07, 6.45) is 6.81. The zero-order valence-electron chi connectivity index (χ0n) is 16.9. The third-order valence-electron chi connectivity index (χ3n) is 5.62. The number of ether oxygens (including phenoxy) is 1. The Morgan fingerprint density at radius 2 is 2.07 bits per heavy atom. The van der Waals surface area contributed by atoms with Crippen molar-refractivity contribution in [3.8, 4) is 5.75 Å². The first-order valence-electron chi connectivity index (χ1n) is 10.1. The number of halogens is 1. The summed E-state index contributed by atoms with van der Waals surface area (Å²) in [7, 11) is 1.66. The number of anilines is 1. The highest BCUT2D eigenvalue weighted by molar-refractivity contribution is 6.30. The third kappa shape index (κ3) is 4.21. The zero-order chi connectivity index (χ0) is 21.1. The van der Waals surface area contributed by atoms with Crippen LogP contribution >= 0.6 is 11.6 Å². The molecule has 160 valence electrons. The maximum Gasteiger partial charge on any atom is 0.165 e. The van der Waals surface area contributed by atoms with E-state index in [0.717, 1.165) is 30.0 Å². The number of hydrogen-bond acceptors (Lipinski definition) is 7. The summed E-state index contributed by atoms with van der Waals surface area (Å²) in [5.41, 5.74) is 2.29. The minimum absolute atomic E-state index is 0.217. The Morgan fingerprint density at radius 1 is 1.27 bits per heavy atom. The number of methoxy groups -OCH3 is 1. The molecule has 1 unspecified atom stereocenters. The van der Waals surface area contributed by atoms with Gasteiger partial charge >= 0.3 is 0 Å². The van der Waals surface area contributed by atoms with E-state index in [1.165, 1.54) is 19.2 Å². The van der Waals surface area contributed by atoms with Gasteiger partial charge in [0, 0.05) is 23.2 Å². The topological polar surface area (TPSA) is 96.5 Å². The van der Waals surface area contributed by atoms with Gasteiger partial charge in [-0.05, 0) is 31.0 Å². The summed E-state index contributed by atoms with van der Waals surface area (Å²) >= 11 is 6.26. The summed E-state index contributed by atoms with van der Waals surface area (Å²) in [6, 6.07) is 5.96. The molecule has 0 spiro atoms. The van der Waals surface area contributed by atoms with Crippen LogP contribution in [0.5, 0.6) is 5.75 Å². The van der Waals surface area contributed by atoms with Crippen LogP contribution in [0.2, 0.25) is 5.02 Å². The molecule has 1 aliphatic carbocycles. The van der Waals surface area contributed by atoms with Gasteiger partial charge in [-0.1, -0.05) is 24.4 Å². The normalized spacial score (nSPS) is 15.6. The molecular weight excluding hydrogens is 406 g/mol. The molecule has 0 bridgehead atoms. The molecule has 0 saturated heterocycles. The van der Waals surface area contributed by atoms with Crippen molar-refractivity contribution in [2.24, 2.45) is 0 Å². The van der Waals surface area contributed by atoms with Crippen LogP contribution in [-0.4, -0.2) is 55.6 Å². The molecule has 1 aliphatic rings. The van der Waals surface area contributed by atoms with E-state index in [1.54, 1.807) is 18.0 Å². The van der Waals surface area contributed by atoms with Gasteiger partial charge in [0.2, 0.25) is 0 Å². The number of rotatable bonds is 8. The highest BCUT2D eigenvalue weighted by atomic mass is 35.5. The molecule has 2 heterocycles. The van der Waals surface area contributed by atoms with E-state index in [0.29, 0.717) is 28.8 Å². The predicted molar refractivity (Wildman–Crippen MR) is 115 cm³/mol. The Kier molecular flexibility index (Phi) is 6.36. The lowest BCUT2D eigenvalue weighted by molar-refractivity contribution is 0.0820. The van der Waals surface area contributed by atoms with Crippen molar-refractivity contribution < 1.29 is 14.9 Å². The Balaban J connectivity index is 1.75. The van der Waals surface area contributed by atoms with E-state index in [9.17, 15) is 10.2 Å². The van der Waals surface area contributed by atoms with Crippen molar-refractivity contribution in [3.05, 3.63) is 41.4 Å². The summed E-state index contributed by atoms with van der Waals surface area (Å²) in [6.45, 7) is 0.488. The molecular formula is C21H26ClN5O3. The molecule has 1 aromatic carbocycles. The lowest BCUT2D eigenvalue weighted by Gasteiger charge is -2.30. The van der Waals surface area contributed by atoms with Gasteiger partial charge in [0.25, 0.3) is 0 Å². The number of nitrogens with zero attached hydrogens (tertiary/aromatic N) is 5. The molecule has 4 rings (SSSR count). The Morgan fingerprint density at radius 3 is 2.80 bits per heavy atom. The molecule has 2 aromatic heterocycles. The van der Waals surface area contributed by atoms with Crippen molar-refractivity contribution in [1.82, 2.24) is 19.5 Å². The van der Waals surface area contributed by atoms with Crippen molar-refractivity contribution in [2.75, 3.05) is 18.6 Å². The standard InChI is InChI=1S/C21H26ClN5O3/c1-30-18-7-6-15(22)8-14(18)9-27(16-4-2-3-5-16)21-19-20(23-12-24-21)26(13-25-19)10-17(29)11-28/h6-8,12-13,16-17,28-29H,2-5,9-11H2,1H3. The van der Waals surface area contributed by atoms with Crippen molar-refractivity contribution >= 4 is 28.6 Å². The van der Waals surface area contributed by atoms with Crippen LogP contribution in [0.4, 0.5) is 5.82 Å². The molecule has 3 aromatic rings. The van der Waals surface area contributed by atoms with E-state index >= 15 is 0 Å². The molecule has 0 radical (unpaired) electrons. The Hall–Kier alpha value is -2.42. The SMILES string of the molecule is COc1ccc(Cl)cc1CN(c1ncnc2c1ncn2CC(O)CO)C1CCCC1. The fraction of sp³-hybridized carbons (Fsp3) is 0.476. The molecule has 1 fully saturated rings. The summed E-state index contributed by atoms with van der Waals surface area (Å²) in [5, 5.41) is 19.7. The van der Waals surface area contributed by atoms with Gasteiger partial charge in [-0.15, -0.1) is 0 Å². The van der Waals surface area contributed by atoms with E-state index in [4.69, 9.17) is 16.3 Å². The summed E-state index contributed by atoms with van der Waals surface area (Å²) < 4.78 is 7.30. The average molecular weight is 432 g/mol. The van der Waals surface area contributed by atoms with E-state index < -0.39 is 6.10 Å². The van der Waals surface area contributed by atoms with E-state index in [2.05, 4.69) is 19.9 Å². The van der Waals surface area contributed by atoms with Crippen LogP contribution in [0.25, 0.3) is 11.2 Å². The number of aromatic nitrogens is 4. The lowest BCUT2D eigenvalue weighted by atomic mass is 10.1. The maximum atomic E-state index is 9.84. The number of fused-ring (bicyclic) bond motifs is 1. The van der Waals surface area contributed by atoms with Gasteiger partial charge in [0.1, 0.15) is 12.1 Å². The lowest BCUT2D eigenvalue weighted by Crippen LogP contribution is -2.34. The first-order chi connectivity index (χ1) is 14.6. The Bertz CT molecular complexity index is 1010. The molecule has 1 saturated carbocycles. The smallest absolute Gasteiger partial charge is 0.165 e. The number of benzene rings is 1. The van der Waals surface area contributed by atoms with Crippen molar-refractivity contribution in [1.29, 1.82) is 0 Å². The van der Waals surface area contributed by atoms with Gasteiger partial charge in [0.05, 0.1) is 32.7 Å². The van der Waals surface area contributed by atoms with Gasteiger partial charge in [-0.25, -0.2) is 15.0 Å². The van der Waals surface area contributed by atoms with E-state index in [1.807, 2.05) is 18.2 Å². The monoisotopic (exact) mass is 431 g/mol. The van der Waals surface area contributed by atoms with Crippen LogP contribution < -0.4 is 9.64 Å². The minimum Gasteiger partial charge on any atom is -0.496 e. The summed E-state index contributed by atoms with van der Waals surface area (Å²) in [4.78, 5) is 15.8. The second kappa shape index (κ2) is 9.16. The number of aliphatic hydroxyl groups is 2. The van der Waals surface area contributed by atoms with Gasteiger partial charge in [-0.2, -0.15) is 0 Å². The average Bonchev–Trinajstić information content (AvgIpc) is 3.42. The quantitative estimate of drug-likeness (QED) is 0.566. The molecule has 1 atom stereocenters. The highest BCUT2D eigenvalue weighted by Crippen LogP contribution is 2.34. The second-order valence-electron chi connectivity index (χ2n) is 7.63. The van der Waals surface area contributed by atoms with Crippen LogP contribution in [0.15, 0.2) is 30.9 Å². The van der Waals surface area contributed by atoms with Crippen LogP contribution in [-0.2, 0) is 13.1 Å².